The summed E-state index contributed by atoms with van der Waals surface area (Å²) in [6, 6.07) is -4.86. The van der Waals surface area contributed by atoms with E-state index in [1.54, 1.807) is 53.7 Å². The summed E-state index contributed by atoms with van der Waals surface area (Å²) in [7, 11) is -6.90. The molecule has 12 N–H and O–H groups in total. The molecule has 4 aliphatic rings. The maximum atomic E-state index is 12.7. The van der Waals surface area contributed by atoms with Crippen LogP contribution in [0.15, 0.2) is 33.3 Å². The second-order valence-corrected chi connectivity index (χ2v) is 25.3. The summed E-state index contributed by atoms with van der Waals surface area (Å²) in [4.78, 5) is 86.3. The maximum Gasteiger partial charge on any atom is 0.414 e. The molecule has 440 valence electrons. The van der Waals surface area contributed by atoms with E-state index < -0.39 is 104 Å². The van der Waals surface area contributed by atoms with Crippen LogP contribution in [-0.4, -0.2) is 182 Å². The van der Waals surface area contributed by atoms with E-state index in [1.807, 2.05) is 23.6 Å². The van der Waals surface area contributed by atoms with Gasteiger partial charge in [0.25, 0.3) is 0 Å². The standard InChI is InChI=1S/C29H50N6O9S.C19H34N6O5S.ClH/c1-9-10-14-45(41,42)34-20-12-11-13-35(17-20)22-16-19(24(37)38)15-21(23(22)30-18(2)36)31-25(32-26(39)43-28(3,4)5)33-27(40)44-29(6,7)8;1-3-4-8-31(29,30)24-14-6-5-7-25(11-14)16-10-13(18(27)28)9-15(23-19(20)21)17(16)22-12(2)26;/h16,20-23,34H,9-15,17H2,1-8H3,(H,30,36)(H,37,38)(H2,31,32,33,39,40);10,14-17,24H,3-9,11H2,1-2H3,(H,22,26)(H,27,28)(H4,20,21,23);1H/t20-,21+,22-,23-;14-,15+,16-,17-;/m11./s1. The van der Waals surface area contributed by atoms with E-state index in [2.05, 4.69) is 40.7 Å². The lowest BCUT2D eigenvalue weighted by atomic mass is 9.84. The molecule has 0 aromatic rings. The molecule has 2 aliphatic carbocycles. The van der Waals surface area contributed by atoms with Crippen molar-refractivity contribution in [1.82, 2.24) is 40.5 Å². The first kappa shape index (κ1) is 68.0. The molecule has 77 heavy (non-hydrogen) atoms. The average Bonchev–Trinajstić information content (AvgIpc) is 3.26. The van der Waals surface area contributed by atoms with Gasteiger partial charge in [0.05, 0.1) is 47.8 Å². The minimum atomic E-state index is -3.51. The van der Waals surface area contributed by atoms with E-state index in [9.17, 15) is 55.8 Å². The number of carbonyl (C=O) groups excluding carboxylic acids is 4. The van der Waals surface area contributed by atoms with Crippen molar-refractivity contribution in [3.05, 3.63) is 23.3 Å². The summed E-state index contributed by atoms with van der Waals surface area (Å²) < 4.78 is 66.1. The molecular weight excluding hydrogens is 1070 g/mol. The molecule has 2 saturated heterocycles. The number of carbonyl (C=O) groups is 6. The molecule has 0 spiro atoms. The zero-order valence-electron chi connectivity index (χ0n) is 46.0. The third-order valence-electron chi connectivity index (χ3n) is 12.3. The molecule has 0 radical (unpaired) electrons. The second kappa shape index (κ2) is 30.3. The van der Waals surface area contributed by atoms with Crippen LogP contribution < -0.4 is 42.2 Å². The zero-order chi connectivity index (χ0) is 57.3. The lowest BCUT2D eigenvalue weighted by Gasteiger charge is -2.44. The van der Waals surface area contributed by atoms with E-state index in [0.29, 0.717) is 51.7 Å². The van der Waals surface area contributed by atoms with Crippen LogP contribution in [0.4, 0.5) is 9.59 Å². The van der Waals surface area contributed by atoms with Gasteiger partial charge in [0, 0.05) is 63.0 Å². The predicted octanol–water partition coefficient (Wildman–Crippen LogP) is 1.75. The van der Waals surface area contributed by atoms with Crippen LogP contribution in [0.1, 0.15) is 133 Å². The number of alkyl carbamates (subject to hydrolysis) is 2. The Kier molecular flexibility index (Phi) is 26.7. The number of nitrogens with one attached hydrogen (secondary N) is 6. The van der Waals surface area contributed by atoms with Gasteiger partial charge in [0.15, 0.2) is 5.96 Å². The first-order valence-electron chi connectivity index (χ1n) is 25.8. The minimum Gasteiger partial charge on any atom is -0.478 e. The van der Waals surface area contributed by atoms with Crippen LogP contribution in [0.5, 0.6) is 0 Å². The van der Waals surface area contributed by atoms with Crippen molar-refractivity contribution in [2.24, 2.45) is 21.5 Å². The molecule has 2 heterocycles. The molecule has 8 atom stereocenters. The second-order valence-electron chi connectivity index (χ2n) is 21.5. The first-order chi connectivity index (χ1) is 35.2. The van der Waals surface area contributed by atoms with Gasteiger partial charge < -0.3 is 41.8 Å². The topological polar surface area (TPSA) is 385 Å². The first-order valence-corrected chi connectivity index (χ1v) is 29.1. The number of likely N-dealkylation sites (tertiary alicyclic amines) is 2. The smallest absolute Gasteiger partial charge is 0.414 e. The number of halogens is 1. The van der Waals surface area contributed by atoms with E-state index in [4.69, 9.17) is 20.9 Å². The van der Waals surface area contributed by atoms with Gasteiger partial charge in [-0.25, -0.2) is 55.4 Å². The van der Waals surface area contributed by atoms with Crippen molar-refractivity contribution in [3.63, 3.8) is 0 Å². The number of amides is 4. The Morgan fingerprint density at radius 1 is 0.662 bits per heavy atom. The quantitative estimate of drug-likeness (QED) is 0.0690. The highest BCUT2D eigenvalue weighted by molar-refractivity contribution is 7.89. The molecular formula is C48H85ClN12O14S2. The van der Waals surface area contributed by atoms with E-state index in [1.165, 1.54) is 13.8 Å². The Morgan fingerprint density at radius 3 is 1.34 bits per heavy atom. The van der Waals surface area contributed by atoms with Crippen molar-refractivity contribution in [2.75, 3.05) is 37.7 Å². The number of nitrogens with zero attached hydrogens (tertiary/aromatic N) is 4. The summed E-state index contributed by atoms with van der Waals surface area (Å²) in [5, 5.41) is 30.1. The van der Waals surface area contributed by atoms with Gasteiger partial charge >= 0.3 is 24.1 Å². The molecule has 0 bridgehead atoms. The summed E-state index contributed by atoms with van der Waals surface area (Å²) in [6.07, 6.45) is 6.52. The highest BCUT2D eigenvalue weighted by Crippen LogP contribution is 2.30. The Hall–Kier alpha value is -5.13. The van der Waals surface area contributed by atoms with Gasteiger partial charge in [0.2, 0.25) is 37.8 Å². The summed E-state index contributed by atoms with van der Waals surface area (Å²) in [5.74, 6) is -3.42. The SMILES string of the molecule is CCCCS(=O)(=O)N[C@@H]1CCCN([C@@H]2C=C(C(=O)O)C[C@H](N=C(N)N)[C@H]2NC(C)=O)C1.CCCCS(=O)(=O)N[C@@H]1CCCN([C@@H]2C=C(C(=O)O)C[C@H](N=C(NC(=O)OC(C)(C)C)NC(=O)OC(C)(C)C)[C@H]2NC(C)=O)C1.Cl. The fraction of sp³-hybridized carbons (Fsp3) is 0.750. The summed E-state index contributed by atoms with van der Waals surface area (Å²) in [5.41, 5.74) is 9.52. The third kappa shape index (κ3) is 24.6. The lowest BCUT2D eigenvalue weighted by Crippen LogP contribution is -2.61. The molecule has 0 saturated carbocycles. The number of aliphatic imine (C=N–C) groups is 2. The van der Waals surface area contributed by atoms with Gasteiger partial charge in [-0.3, -0.25) is 30.0 Å². The number of hydrogen-bond acceptors (Lipinski definition) is 16. The van der Waals surface area contributed by atoms with Gasteiger partial charge in [0.1, 0.15) is 11.2 Å². The van der Waals surface area contributed by atoms with Crippen LogP contribution in [0.25, 0.3) is 0 Å². The molecule has 29 heteroatoms. The van der Waals surface area contributed by atoms with Gasteiger partial charge in [-0.1, -0.05) is 38.8 Å². The normalized spacial score (nSPS) is 24.3. The van der Waals surface area contributed by atoms with E-state index >= 15 is 0 Å². The van der Waals surface area contributed by atoms with Crippen LogP contribution in [0.3, 0.4) is 0 Å². The lowest BCUT2D eigenvalue weighted by molar-refractivity contribution is -0.134. The van der Waals surface area contributed by atoms with Gasteiger partial charge in [-0.05, 0) is 93.2 Å². The molecule has 2 aliphatic heterocycles. The van der Waals surface area contributed by atoms with Gasteiger partial charge in [-0.2, -0.15) is 0 Å². The Bertz CT molecular complexity index is 2370. The number of unbranched alkanes of at least 4 members (excludes halogenated alkanes) is 2. The number of sulfonamides is 2. The third-order valence-corrected chi connectivity index (χ3v) is 15.3. The maximum absolute atomic E-state index is 12.7. The van der Waals surface area contributed by atoms with Gasteiger partial charge in [-0.15, -0.1) is 12.4 Å². The summed E-state index contributed by atoms with van der Waals surface area (Å²) >= 11 is 0. The number of carboxylic acid groups (broad SMARTS) is 2. The van der Waals surface area contributed by atoms with E-state index in [-0.39, 0.29) is 78.3 Å². The van der Waals surface area contributed by atoms with E-state index in [0.717, 1.165) is 19.3 Å². The van der Waals surface area contributed by atoms with Crippen LogP contribution in [-0.2, 0) is 48.7 Å². The molecule has 4 rings (SSSR count). The number of rotatable bonds is 18. The highest BCUT2D eigenvalue weighted by Gasteiger charge is 2.43. The molecule has 0 aromatic heterocycles. The molecule has 26 nitrogen and oxygen atoms in total. The fourth-order valence-corrected chi connectivity index (χ4v) is 12.3. The number of nitrogens with two attached hydrogens (primary N) is 2. The Morgan fingerprint density at radius 2 is 1.03 bits per heavy atom. The summed E-state index contributed by atoms with van der Waals surface area (Å²) in [6.45, 7) is 18.3. The molecule has 0 unspecified atom stereocenters. The fourth-order valence-electron chi connectivity index (χ4n) is 9.28. The van der Waals surface area contributed by atoms with Crippen molar-refractivity contribution in [1.29, 1.82) is 0 Å². The Labute approximate surface area is 459 Å². The number of aliphatic carboxylic acids is 2. The van der Waals surface area contributed by atoms with Crippen molar-refractivity contribution in [2.45, 2.75) is 193 Å². The average molecular weight is 1150 g/mol. The largest absolute Gasteiger partial charge is 0.478 e. The van der Waals surface area contributed by atoms with Crippen molar-refractivity contribution >= 4 is 80.3 Å². The minimum absolute atomic E-state index is 0. The molecule has 0 aromatic carbocycles. The highest BCUT2D eigenvalue weighted by atomic mass is 35.5. The number of guanidine groups is 2. The van der Waals surface area contributed by atoms with Crippen molar-refractivity contribution < 1.29 is 65.3 Å². The zero-order valence-corrected chi connectivity index (χ0v) is 48.5. The molecule has 4 amide bonds. The van der Waals surface area contributed by atoms with Crippen LogP contribution in [0, 0.1) is 0 Å². The Balaban J connectivity index is 0.000000555. The number of ether oxygens (including phenoxy) is 2. The number of piperidine rings is 2. The van der Waals surface area contributed by atoms with Crippen molar-refractivity contribution in [3.8, 4) is 0 Å². The molecule has 2 fully saturated rings. The number of carboxylic acids is 2. The monoisotopic (exact) mass is 1150 g/mol. The number of hydrogen-bond donors (Lipinski definition) is 10. The van der Waals surface area contributed by atoms with Crippen LogP contribution >= 0.6 is 12.4 Å². The van der Waals surface area contributed by atoms with Crippen LogP contribution in [0.2, 0.25) is 0 Å². The predicted molar refractivity (Wildman–Crippen MR) is 293 cm³/mol.